The number of piperidine rings is 1. The van der Waals surface area contributed by atoms with Gasteiger partial charge in [-0.2, -0.15) is 9.40 Å². The summed E-state index contributed by atoms with van der Waals surface area (Å²) >= 11 is 0. The van der Waals surface area contributed by atoms with Gasteiger partial charge in [0.25, 0.3) is 0 Å². The molecule has 0 spiro atoms. The Hall–Kier alpha value is -1.41. The van der Waals surface area contributed by atoms with Gasteiger partial charge >= 0.3 is 0 Å². The SMILES string of the molecule is Cn1ccc(NC(=O)C2CCCCN2S(C)(=O)=O)n1. The van der Waals surface area contributed by atoms with E-state index in [0.717, 1.165) is 19.1 Å². The molecule has 0 aromatic carbocycles. The summed E-state index contributed by atoms with van der Waals surface area (Å²) in [6, 6.07) is 1.04. The van der Waals surface area contributed by atoms with Crippen LogP contribution in [0.2, 0.25) is 0 Å². The van der Waals surface area contributed by atoms with Crippen LogP contribution in [-0.2, 0) is 21.9 Å². The molecule has 8 heteroatoms. The number of carbonyl (C=O) groups is 1. The summed E-state index contributed by atoms with van der Waals surface area (Å²) in [5.74, 6) is 0.121. The molecule has 0 saturated carbocycles. The molecule has 1 aromatic heterocycles. The number of hydrogen-bond acceptors (Lipinski definition) is 4. The van der Waals surface area contributed by atoms with Gasteiger partial charge in [0.2, 0.25) is 15.9 Å². The van der Waals surface area contributed by atoms with Crippen molar-refractivity contribution in [1.82, 2.24) is 14.1 Å². The monoisotopic (exact) mass is 286 g/mol. The molecule has 1 amide bonds. The molecule has 0 aliphatic carbocycles. The fourth-order valence-corrected chi connectivity index (χ4v) is 3.38. The summed E-state index contributed by atoms with van der Waals surface area (Å²) in [5, 5.41) is 6.71. The Morgan fingerprint density at radius 2 is 2.21 bits per heavy atom. The summed E-state index contributed by atoms with van der Waals surface area (Å²) < 4.78 is 26.2. The van der Waals surface area contributed by atoms with Crippen molar-refractivity contribution in [2.75, 3.05) is 18.1 Å². The van der Waals surface area contributed by atoms with Crippen molar-refractivity contribution >= 4 is 21.7 Å². The number of sulfonamides is 1. The molecule has 1 unspecified atom stereocenters. The second-order valence-electron chi connectivity index (χ2n) is 4.75. The Bertz CT molecular complexity index is 566. The molecule has 1 aliphatic heterocycles. The minimum atomic E-state index is -3.36. The van der Waals surface area contributed by atoms with Gasteiger partial charge in [0, 0.05) is 25.9 Å². The van der Waals surface area contributed by atoms with E-state index in [9.17, 15) is 13.2 Å². The summed E-state index contributed by atoms with van der Waals surface area (Å²) in [6.07, 6.45) is 5.04. The first-order valence-electron chi connectivity index (χ1n) is 6.15. The molecule has 1 fully saturated rings. The van der Waals surface area contributed by atoms with Crippen LogP contribution in [0, 0.1) is 0 Å². The van der Waals surface area contributed by atoms with Gasteiger partial charge in [-0.15, -0.1) is 0 Å². The first-order valence-corrected chi connectivity index (χ1v) is 8.00. The molecule has 0 radical (unpaired) electrons. The number of nitrogens with zero attached hydrogens (tertiary/aromatic N) is 3. The van der Waals surface area contributed by atoms with Crippen molar-refractivity contribution < 1.29 is 13.2 Å². The maximum atomic E-state index is 12.2. The second kappa shape index (κ2) is 5.30. The number of anilines is 1. The number of amides is 1. The van der Waals surface area contributed by atoms with Crippen LogP contribution in [0.25, 0.3) is 0 Å². The number of rotatable bonds is 3. The minimum absolute atomic E-state index is 0.316. The Labute approximate surface area is 112 Å². The molecule has 1 aliphatic rings. The van der Waals surface area contributed by atoms with E-state index in [1.807, 2.05) is 0 Å². The van der Waals surface area contributed by atoms with Gasteiger partial charge in [-0.05, 0) is 12.8 Å². The molecule has 1 atom stereocenters. The van der Waals surface area contributed by atoms with Crippen LogP contribution >= 0.6 is 0 Å². The van der Waals surface area contributed by atoms with Crippen LogP contribution in [0.1, 0.15) is 19.3 Å². The van der Waals surface area contributed by atoms with Crippen molar-refractivity contribution in [3.05, 3.63) is 12.3 Å². The van der Waals surface area contributed by atoms with Gasteiger partial charge in [-0.1, -0.05) is 6.42 Å². The summed E-state index contributed by atoms with van der Waals surface area (Å²) in [5.41, 5.74) is 0. The smallest absolute Gasteiger partial charge is 0.244 e. The van der Waals surface area contributed by atoms with Crippen LogP contribution < -0.4 is 5.32 Å². The molecule has 7 nitrogen and oxygen atoms in total. The molecular formula is C11H18N4O3S. The van der Waals surface area contributed by atoms with Crippen molar-refractivity contribution in [3.8, 4) is 0 Å². The Kier molecular flexibility index (Phi) is 3.91. The van der Waals surface area contributed by atoms with E-state index in [-0.39, 0.29) is 5.91 Å². The van der Waals surface area contributed by atoms with Crippen molar-refractivity contribution in [2.45, 2.75) is 25.3 Å². The molecule has 19 heavy (non-hydrogen) atoms. The Morgan fingerprint density at radius 1 is 1.47 bits per heavy atom. The minimum Gasteiger partial charge on any atom is -0.308 e. The lowest BCUT2D eigenvalue weighted by atomic mass is 10.0. The zero-order valence-corrected chi connectivity index (χ0v) is 11.9. The molecular weight excluding hydrogens is 268 g/mol. The maximum absolute atomic E-state index is 12.2. The fraction of sp³-hybridized carbons (Fsp3) is 0.636. The second-order valence-corrected chi connectivity index (χ2v) is 6.68. The summed E-state index contributed by atoms with van der Waals surface area (Å²) in [4.78, 5) is 12.2. The molecule has 2 heterocycles. The lowest BCUT2D eigenvalue weighted by Crippen LogP contribution is -2.49. The third-order valence-electron chi connectivity index (χ3n) is 3.15. The predicted octanol–water partition coefficient (Wildman–Crippen LogP) is 0.173. The average molecular weight is 286 g/mol. The van der Waals surface area contributed by atoms with Gasteiger partial charge in [0.05, 0.1) is 6.26 Å². The first kappa shape index (κ1) is 14.0. The third kappa shape index (κ3) is 3.32. The number of aryl methyl sites for hydroxylation is 1. The third-order valence-corrected chi connectivity index (χ3v) is 4.44. The zero-order chi connectivity index (χ0) is 14.0. The van der Waals surface area contributed by atoms with Gasteiger partial charge < -0.3 is 5.32 Å². The van der Waals surface area contributed by atoms with E-state index in [2.05, 4.69) is 10.4 Å². The molecule has 1 N–H and O–H groups in total. The summed E-state index contributed by atoms with van der Waals surface area (Å²) in [6.45, 7) is 0.402. The number of nitrogens with one attached hydrogen (secondary N) is 1. The van der Waals surface area contributed by atoms with Gasteiger partial charge in [-0.25, -0.2) is 8.42 Å². The largest absolute Gasteiger partial charge is 0.308 e. The van der Waals surface area contributed by atoms with Crippen LogP contribution in [0.3, 0.4) is 0 Å². The quantitative estimate of drug-likeness (QED) is 0.858. The van der Waals surface area contributed by atoms with Crippen LogP contribution in [0.4, 0.5) is 5.82 Å². The predicted molar refractivity (Wildman–Crippen MR) is 71.0 cm³/mol. The highest BCUT2D eigenvalue weighted by Crippen LogP contribution is 2.21. The molecule has 0 bridgehead atoms. The van der Waals surface area contributed by atoms with Gasteiger partial charge in [0.15, 0.2) is 5.82 Å². The number of hydrogen-bond donors (Lipinski definition) is 1. The van der Waals surface area contributed by atoms with E-state index in [0.29, 0.717) is 18.8 Å². The first-order chi connectivity index (χ1) is 8.88. The highest BCUT2D eigenvalue weighted by atomic mass is 32.2. The van der Waals surface area contributed by atoms with Crippen LogP contribution in [0.5, 0.6) is 0 Å². The standard InChI is InChI=1S/C11H18N4O3S/c1-14-8-6-10(13-14)12-11(16)9-5-3-4-7-15(9)19(2,17)18/h6,8-9H,3-5,7H2,1-2H3,(H,12,13,16). The normalized spacial score (nSPS) is 21.3. The van der Waals surface area contributed by atoms with E-state index in [1.165, 1.54) is 4.31 Å². The maximum Gasteiger partial charge on any atom is 0.244 e. The zero-order valence-electron chi connectivity index (χ0n) is 11.0. The average Bonchev–Trinajstić information content (AvgIpc) is 2.73. The van der Waals surface area contributed by atoms with Gasteiger partial charge in [-0.3, -0.25) is 9.48 Å². The molecule has 1 aromatic rings. The highest BCUT2D eigenvalue weighted by Gasteiger charge is 2.34. The molecule has 2 rings (SSSR count). The Morgan fingerprint density at radius 3 is 2.79 bits per heavy atom. The van der Waals surface area contributed by atoms with E-state index in [1.54, 1.807) is 24.0 Å². The van der Waals surface area contributed by atoms with E-state index < -0.39 is 16.1 Å². The lowest BCUT2D eigenvalue weighted by Gasteiger charge is -2.32. The van der Waals surface area contributed by atoms with Crippen molar-refractivity contribution in [2.24, 2.45) is 7.05 Å². The summed E-state index contributed by atoms with van der Waals surface area (Å²) in [7, 11) is -1.61. The van der Waals surface area contributed by atoms with E-state index in [4.69, 9.17) is 0 Å². The van der Waals surface area contributed by atoms with Crippen molar-refractivity contribution in [1.29, 1.82) is 0 Å². The number of carbonyl (C=O) groups excluding carboxylic acids is 1. The van der Waals surface area contributed by atoms with Crippen LogP contribution in [0.15, 0.2) is 12.3 Å². The van der Waals surface area contributed by atoms with E-state index >= 15 is 0 Å². The molecule has 106 valence electrons. The van der Waals surface area contributed by atoms with Gasteiger partial charge in [0.1, 0.15) is 6.04 Å². The number of aromatic nitrogens is 2. The highest BCUT2D eigenvalue weighted by molar-refractivity contribution is 7.88. The fourth-order valence-electron chi connectivity index (χ4n) is 2.26. The Balaban J connectivity index is 2.12. The lowest BCUT2D eigenvalue weighted by molar-refractivity contribution is -0.120. The molecule has 1 saturated heterocycles. The van der Waals surface area contributed by atoms with Crippen molar-refractivity contribution in [3.63, 3.8) is 0 Å². The van der Waals surface area contributed by atoms with Crippen LogP contribution in [-0.4, -0.2) is 47.3 Å². The topological polar surface area (TPSA) is 84.3 Å².